The minimum absolute atomic E-state index is 0.0519. The van der Waals surface area contributed by atoms with Crippen molar-refractivity contribution in [3.05, 3.63) is 64.7 Å². The van der Waals surface area contributed by atoms with Crippen molar-refractivity contribution < 1.29 is 24.2 Å². The van der Waals surface area contributed by atoms with E-state index < -0.39 is 5.97 Å². The molecule has 3 aromatic rings. The molecule has 6 heteroatoms. The van der Waals surface area contributed by atoms with Crippen LogP contribution < -0.4 is 14.4 Å². The van der Waals surface area contributed by atoms with Gasteiger partial charge < -0.3 is 19.5 Å². The Morgan fingerprint density at radius 3 is 2.29 bits per heavy atom. The Hall–Kier alpha value is -3.54. The van der Waals surface area contributed by atoms with Crippen molar-refractivity contribution in [3.8, 4) is 11.5 Å². The molecule has 0 unspecified atom stereocenters. The molecule has 31 heavy (non-hydrogen) atoms. The molecule has 0 saturated carbocycles. The Morgan fingerprint density at radius 2 is 1.68 bits per heavy atom. The number of benzene rings is 3. The standard InChI is InChI=1S/C25H25NO5/c1-4-30-23-17-8-6-7-9-18(17)24(31-5-2)22-19(23)14-26(25(22)29)20-11-10-16(12-15(20)3)13-21(27)28/h6-12H,4-5,13-14H2,1-3H3,(H,27,28). The summed E-state index contributed by atoms with van der Waals surface area (Å²) in [7, 11) is 0. The van der Waals surface area contributed by atoms with Crippen LogP contribution in [0.1, 0.15) is 40.9 Å². The number of carboxylic acid groups (broad SMARTS) is 1. The fourth-order valence-corrected chi connectivity index (χ4v) is 4.27. The Labute approximate surface area is 181 Å². The second kappa shape index (κ2) is 8.30. The first-order valence-corrected chi connectivity index (χ1v) is 10.4. The van der Waals surface area contributed by atoms with E-state index in [9.17, 15) is 9.59 Å². The lowest BCUT2D eigenvalue weighted by atomic mass is 9.99. The number of carboxylic acids is 1. The van der Waals surface area contributed by atoms with Crippen molar-refractivity contribution in [2.75, 3.05) is 18.1 Å². The Balaban J connectivity index is 1.86. The van der Waals surface area contributed by atoms with E-state index >= 15 is 0 Å². The summed E-state index contributed by atoms with van der Waals surface area (Å²) in [5.74, 6) is 0.280. The number of hydrogen-bond donors (Lipinski definition) is 1. The Morgan fingerprint density at radius 1 is 1.03 bits per heavy atom. The molecule has 0 bridgehead atoms. The highest BCUT2D eigenvalue weighted by molar-refractivity contribution is 6.17. The van der Waals surface area contributed by atoms with Gasteiger partial charge in [0, 0.05) is 22.0 Å². The van der Waals surface area contributed by atoms with Gasteiger partial charge in [-0.15, -0.1) is 0 Å². The van der Waals surface area contributed by atoms with Crippen molar-refractivity contribution in [2.24, 2.45) is 0 Å². The Kier molecular flexibility index (Phi) is 5.55. The second-order valence-corrected chi connectivity index (χ2v) is 7.51. The lowest BCUT2D eigenvalue weighted by molar-refractivity contribution is -0.136. The molecule has 0 fully saturated rings. The van der Waals surface area contributed by atoms with Gasteiger partial charge in [-0.25, -0.2) is 0 Å². The first kappa shape index (κ1) is 20.7. The summed E-state index contributed by atoms with van der Waals surface area (Å²) in [5, 5.41) is 10.8. The van der Waals surface area contributed by atoms with Crippen LogP contribution >= 0.6 is 0 Å². The van der Waals surface area contributed by atoms with Crippen LogP contribution in [-0.4, -0.2) is 30.2 Å². The van der Waals surface area contributed by atoms with Crippen molar-refractivity contribution in [1.82, 2.24) is 0 Å². The third kappa shape index (κ3) is 3.58. The number of amides is 1. The molecule has 3 aromatic carbocycles. The van der Waals surface area contributed by atoms with Gasteiger partial charge in [0.25, 0.3) is 5.91 Å². The van der Waals surface area contributed by atoms with Crippen LogP contribution in [0.4, 0.5) is 5.69 Å². The van der Waals surface area contributed by atoms with Gasteiger partial charge in [0.15, 0.2) is 0 Å². The lowest BCUT2D eigenvalue weighted by Gasteiger charge is -2.19. The number of aryl methyl sites for hydroxylation is 1. The molecule has 160 valence electrons. The zero-order chi connectivity index (χ0) is 22.1. The monoisotopic (exact) mass is 419 g/mol. The number of ether oxygens (including phenoxy) is 2. The molecular weight excluding hydrogens is 394 g/mol. The smallest absolute Gasteiger partial charge is 0.307 e. The predicted molar refractivity (Wildman–Crippen MR) is 119 cm³/mol. The van der Waals surface area contributed by atoms with Crippen molar-refractivity contribution in [3.63, 3.8) is 0 Å². The molecule has 1 aliphatic rings. The van der Waals surface area contributed by atoms with Crippen molar-refractivity contribution in [1.29, 1.82) is 0 Å². The summed E-state index contributed by atoms with van der Waals surface area (Å²) in [5.41, 5.74) is 3.67. The number of hydrogen-bond acceptors (Lipinski definition) is 4. The number of carbonyl (C=O) groups is 2. The molecule has 0 atom stereocenters. The minimum atomic E-state index is -0.883. The van der Waals surface area contributed by atoms with Crippen LogP contribution in [-0.2, 0) is 17.8 Å². The zero-order valence-electron chi connectivity index (χ0n) is 17.9. The van der Waals surface area contributed by atoms with Gasteiger partial charge >= 0.3 is 5.97 Å². The molecule has 0 aliphatic carbocycles. The number of fused-ring (bicyclic) bond motifs is 2. The van der Waals surface area contributed by atoms with E-state index in [0.717, 1.165) is 27.6 Å². The minimum Gasteiger partial charge on any atom is -0.493 e. The summed E-state index contributed by atoms with van der Waals surface area (Å²) in [6.07, 6.45) is -0.0519. The highest BCUT2D eigenvalue weighted by Gasteiger charge is 2.37. The molecule has 0 saturated heterocycles. The van der Waals surface area contributed by atoms with Gasteiger partial charge in [0.05, 0.1) is 31.7 Å². The normalized spacial score (nSPS) is 12.9. The number of carbonyl (C=O) groups excluding carboxylic acids is 1. The van der Waals surface area contributed by atoms with E-state index in [0.29, 0.717) is 42.4 Å². The largest absolute Gasteiger partial charge is 0.493 e. The van der Waals surface area contributed by atoms with E-state index in [1.54, 1.807) is 11.0 Å². The summed E-state index contributed by atoms with van der Waals surface area (Å²) < 4.78 is 12.0. The third-order valence-corrected chi connectivity index (χ3v) is 5.48. The van der Waals surface area contributed by atoms with Gasteiger partial charge in [-0.1, -0.05) is 36.4 Å². The Bertz CT molecular complexity index is 1180. The number of anilines is 1. The van der Waals surface area contributed by atoms with Gasteiger partial charge in [-0.2, -0.15) is 0 Å². The summed E-state index contributed by atoms with van der Waals surface area (Å²) in [6.45, 7) is 7.02. The average Bonchev–Trinajstić information content (AvgIpc) is 3.07. The first-order chi connectivity index (χ1) is 15.0. The van der Waals surface area contributed by atoms with Gasteiger partial charge in [-0.3, -0.25) is 9.59 Å². The summed E-state index contributed by atoms with van der Waals surface area (Å²) in [4.78, 5) is 26.4. The van der Waals surface area contributed by atoms with Crippen molar-refractivity contribution in [2.45, 2.75) is 33.7 Å². The van der Waals surface area contributed by atoms with Gasteiger partial charge in [-0.05, 0) is 38.0 Å². The van der Waals surface area contributed by atoms with E-state index in [1.165, 1.54) is 0 Å². The first-order valence-electron chi connectivity index (χ1n) is 10.4. The van der Waals surface area contributed by atoms with Crippen LogP contribution in [0, 0.1) is 6.92 Å². The topological polar surface area (TPSA) is 76.1 Å². The lowest BCUT2D eigenvalue weighted by Crippen LogP contribution is -2.24. The maximum absolute atomic E-state index is 13.6. The maximum atomic E-state index is 13.6. The van der Waals surface area contributed by atoms with E-state index in [2.05, 4.69) is 0 Å². The van der Waals surface area contributed by atoms with E-state index in [-0.39, 0.29) is 12.3 Å². The summed E-state index contributed by atoms with van der Waals surface area (Å²) in [6, 6.07) is 13.2. The molecule has 1 aliphatic heterocycles. The fourth-order valence-electron chi connectivity index (χ4n) is 4.27. The molecule has 4 rings (SSSR count). The summed E-state index contributed by atoms with van der Waals surface area (Å²) >= 11 is 0. The van der Waals surface area contributed by atoms with E-state index in [4.69, 9.17) is 14.6 Å². The quantitative estimate of drug-likeness (QED) is 0.599. The zero-order valence-corrected chi connectivity index (χ0v) is 17.9. The van der Waals surface area contributed by atoms with Gasteiger partial charge in [0.2, 0.25) is 0 Å². The molecular formula is C25H25NO5. The SMILES string of the molecule is CCOc1c2c(c(OCC)c3ccccc13)C(=O)N(c1ccc(CC(=O)O)cc1C)C2. The highest BCUT2D eigenvalue weighted by Crippen LogP contribution is 2.46. The predicted octanol–water partition coefficient (Wildman–Crippen LogP) is 4.73. The van der Waals surface area contributed by atoms with Crippen LogP contribution in [0.2, 0.25) is 0 Å². The molecule has 1 heterocycles. The van der Waals surface area contributed by atoms with Crippen LogP contribution in [0.5, 0.6) is 11.5 Å². The molecule has 0 aromatic heterocycles. The van der Waals surface area contributed by atoms with Crippen LogP contribution in [0.25, 0.3) is 10.8 Å². The number of nitrogens with zero attached hydrogens (tertiary/aromatic N) is 1. The van der Waals surface area contributed by atoms with Crippen molar-refractivity contribution >= 4 is 28.3 Å². The highest BCUT2D eigenvalue weighted by atomic mass is 16.5. The van der Waals surface area contributed by atoms with Crippen LogP contribution in [0.3, 0.4) is 0 Å². The molecule has 1 N–H and O–H groups in total. The average molecular weight is 419 g/mol. The number of aliphatic carboxylic acids is 1. The third-order valence-electron chi connectivity index (χ3n) is 5.48. The fraction of sp³-hybridized carbons (Fsp3) is 0.280. The molecule has 1 amide bonds. The van der Waals surface area contributed by atoms with E-state index in [1.807, 2.05) is 57.2 Å². The number of rotatable bonds is 7. The maximum Gasteiger partial charge on any atom is 0.307 e. The second-order valence-electron chi connectivity index (χ2n) is 7.51. The van der Waals surface area contributed by atoms with Crippen LogP contribution in [0.15, 0.2) is 42.5 Å². The van der Waals surface area contributed by atoms with Gasteiger partial charge in [0.1, 0.15) is 11.5 Å². The molecule has 0 radical (unpaired) electrons. The molecule has 6 nitrogen and oxygen atoms in total. The molecule has 0 spiro atoms.